The van der Waals surface area contributed by atoms with Crippen LogP contribution in [0, 0.1) is 0 Å². The number of methoxy groups -OCH3 is 1. The SMILES string of the molecule is COc1c(/C(N)=N/O)nc[nH]c1=O. The van der Waals surface area contributed by atoms with Gasteiger partial charge in [-0.3, -0.25) is 4.79 Å². The first-order valence-electron chi connectivity index (χ1n) is 3.30. The van der Waals surface area contributed by atoms with Crippen molar-refractivity contribution in [2.45, 2.75) is 0 Å². The van der Waals surface area contributed by atoms with E-state index in [1.807, 2.05) is 0 Å². The Morgan fingerprint density at radius 2 is 2.54 bits per heavy atom. The highest BCUT2D eigenvalue weighted by Crippen LogP contribution is 2.06. The van der Waals surface area contributed by atoms with Crippen LogP contribution in [0.5, 0.6) is 5.75 Å². The third-order valence-corrected chi connectivity index (χ3v) is 1.37. The molecule has 0 saturated heterocycles. The van der Waals surface area contributed by atoms with E-state index in [-0.39, 0.29) is 17.3 Å². The van der Waals surface area contributed by atoms with Gasteiger partial charge in [-0.15, -0.1) is 0 Å². The number of ether oxygens (including phenoxy) is 1. The summed E-state index contributed by atoms with van der Waals surface area (Å²) in [7, 11) is 1.29. The summed E-state index contributed by atoms with van der Waals surface area (Å²) in [5.41, 5.74) is 4.77. The molecule has 0 bridgehead atoms. The summed E-state index contributed by atoms with van der Waals surface area (Å²) in [6.45, 7) is 0. The monoisotopic (exact) mass is 184 g/mol. The third kappa shape index (κ3) is 1.58. The van der Waals surface area contributed by atoms with E-state index in [2.05, 4.69) is 15.1 Å². The van der Waals surface area contributed by atoms with E-state index >= 15 is 0 Å². The Morgan fingerprint density at radius 1 is 1.85 bits per heavy atom. The van der Waals surface area contributed by atoms with Crippen LogP contribution < -0.4 is 16.0 Å². The molecular formula is C6H8N4O3. The van der Waals surface area contributed by atoms with Crippen molar-refractivity contribution < 1.29 is 9.94 Å². The van der Waals surface area contributed by atoms with Crippen LogP contribution in [0.4, 0.5) is 0 Å². The zero-order chi connectivity index (χ0) is 9.84. The van der Waals surface area contributed by atoms with E-state index in [1.54, 1.807) is 0 Å². The molecule has 0 atom stereocenters. The Morgan fingerprint density at radius 3 is 3.08 bits per heavy atom. The Kier molecular flexibility index (Phi) is 2.48. The summed E-state index contributed by atoms with van der Waals surface area (Å²) in [5.74, 6) is -0.360. The lowest BCUT2D eigenvalue weighted by Gasteiger charge is -2.02. The number of H-pyrrole nitrogens is 1. The normalized spacial score (nSPS) is 11.3. The molecule has 1 heterocycles. The zero-order valence-corrected chi connectivity index (χ0v) is 6.81. The van der Waals surface area contributed by atoms with Gasteiger partial charge < -0.3 is 20.7 Å². The molecule has 1 rings (SSSR count). The molecule has 4 N–H and O–H groups in total. The minimum absolute atomic E-state index is 0.00810. The molecule has 0 saturated carbocycles. The third-order valence-electron chi connectivity index (χ3n) is 1.37. The summed E-state index contributed by atoms with van der Waals surface area (Å²) in [6, 6.07) is 0. The van der Waals surface area contributed by atoms with Gasteiger partial charge in [0.25, 0.3) is 5.56 Å². The summed E-state index contributed by atoms with van der Waals surface area (Å²) in [4.78, 5) is 17.0. The van der Waals surface area contributed by atoms with Crippen LogP contribution in [-0.4, -0.2) is 28.1 Å². The highest BCUT2D eigenvalue weighted by molar-refractivity contribution is 5.97. The molecule has 7 heteroatoms. The lowest BCUT2D eigenvalue weighted by atomic mass is 10.3. The summed E-state index contributed by atoms with van der Waals surface area (Å²) < 4.78 is 4.72. The lowest BCUT2D eigenvalue weighted by molar-refractivity contribution is 0.318. The molecule has 0 spiro atoms. The van der Waals surface area contributed by atoms with Crippen LogP contribution in [0.1, 0.15) is 5.69 Å². The summed E-state index contributed by atoms with van der Waals surface area (Å²) in [6.07, 6.45) is 1.14. The fourth-order valence-electron chi connectivity index (χ4n) is 0.806. The number of nitrogens with zero attached hydrogens (tertiary/aromatic N) is 2. The second kappa shape index (κ2) is 3.57. The van der Waals surface area contributed by atoms with Gasteiger partial charge in [-0.05, 0) is 0 Å². The van der Waals surface area contributed by atoms with E-state index < -0.39 is 5.56 Å². The quantitative estimate of drug-likeness (QED) is 0.233. The van der Waals surface area contributed by atoms with E-state index in [1.165, 1.54) is 7.11 Å². The molecule has 0 aromatic carbocycles. The number of amidine groups is 1. The average Bonchev–Trinajstić information content (AvgIpc) is 2.16. The van der Waals surface area contributed by atoms with Gasteiger partial charge in [-0.1, -0.05) is 5.16 Å². The molecule has 13 heavy (non-hydrogen) atoms. The lowest BCUT2D eigenvalue weighted by Crippen LogP contribution is -2.21. The van der Waals surface area contributed by atoms with Gasteiger partial charge >= 0.3 is 0 Å². The molecule has 0 aliphatic carbocycles. The van der Waals surface area contributed by atoms with Gasteiger partial charge in [-0.25, -0.2) is 4.98 Å². The molecule has 1 aromatic rings. The predicted octanol–water partition coefficient (Wildman–Crippen LogP) is -1.13. The Bertz CT molecular complexity index is 384. The zero-order valence-electron chi connectivity index (χ0n) is 6.81. The van der Waals surface area contributed by atoms with Crippen molar-refractivity contribution >= 4 is 5.84 Å². The number of oxime groups is 1. The van der Waals surface area contributed by atoms with E-state index in [0.29, 0.717) is 0 Å². The van der Waals surface area contributed by atoms with Crippen LogP contribution >= 0.6 is 0 Å². The van der Waals surface area contributed by atoms with E-state index in [9.17, 15) is 4.79 Å². The first-order valence-corrected chi connectivity index (χ1v) is 3.30. The van der Waals surface area contributed by atoms with Gasteiger partial charge in [0, 0.05) is 0 Å². The molecule has 1 aromatic heterocycles. The second-order valence-electron chi connectivity index (χ2n) is 2.10. The van der Waals surface area contributed by atoms with Crippen LogP contribution in [-0.2, 0) is 0 Å². The molecular weight excluding hydrogens is 176 g/mol. The Labute approximate surface area is 72.9 Å². The number of aromatic amines is 1. The molecule has 0 aliphatic rings. The maximum atomic E-state index is 11.1. The van der Waals surface area contributed by atoms with Crippen molar-refractivity contribution in [1.82, 2.24) is 9.97 Å². The smallest absolute Gasteiger partial charge is 0.293 e. The molecule has 0 aliphatic heterocycles. The summed E-state index contributed by atoms with van der Waals surface area (Å²) >= 11 is 0. The van der Waals surface area contributed by atoms with Crippen LogP contribution in [0.15, 0.2) is 16.3 Å². The highest BCUT2D eigenvalue weighted by Gasteiger charge is 2.12. The van der Waals surface area contributed by atoms with Crippen molar-refractivity contribution in [2.75, 3.05) is 7.11 Å². The second-order valence-corrected chi connectivity index (χ2v) is 2.10. The standard InChI is InChI=1S/C6H8N4O3/c1-13-4-3(5(7)10-12)8-2-9-6(4)11/h2,12H,1H3,(H2,7,10)(H,8,9,11). The van der Waals surface area contributed by atoms with Crippen LogP contribution in [0.2, 0.25) is 0 Å². The first-order chi connectivity index (χ1) is 6.20. The largest absolute Gasteiger partial charge is 0.489 e. The Balaban J connectivity index is 3.37. The van der Waals surface area contributed by atoms with Crippen molar-refractivity contribution in [2.24, 2.45) is 10.9 Å². The topological polar surface area (TPSA) is 114 Å². The maximum Gasteiger partial charge on any atom is 0.293 e. The van der Waals surface area contributed by atoms with Crippen molar-refractivity contribution in [3.8, 4) is 5.75 Å². The number of hydrogen-bond donors (Lipinski definition) is 3. The number of nitrogens with one attached hydrogen (secondary N) is 1. The molecule has 0 radical (unpaired) electrons. The molecule has 70 valence electrons. The Hall–Kier alpha value is -2.05. The fraction of sp³-hybridized carbons (Fsp3) is 0.167. The van der Waals surface area contributed by atoms with Crippen LogP contribution in [0.25, 0.3) is 0 Å². The van der Waals surface area contributed by atoms with Crippen molar-refractivity contribution in [1.29, 1.82) is 0 Å². The number of aromatic nitrogens is 2. The highest BCUT2D eigenvalue weighted by atomic mass is 16.5. The minimum Gasteiger partial charge on any atom is -0.489 e. The number of rotatable bonds is 2. The summed E-state index contributed by atoms with van der Waals surface area (Å²) in [5, 5.41) is 11.1. The predicted molar refractivity (Wildman–Crippen MR) is 43.9 cm³/mol. The molecule has 7 nitrogen and oxygen atoms in total. The van der Waals surface area contributed by atoms with E-state index in [4.69, 9.17) is 15.7 Å². The van der Waals surface area contributed by atoms with Gasteiger partial charge in [0.15, 0.2) is 11.5 Å². The first kappa shape index (κ1) is 9.04. The minimum atomic E-state index is -0.487. The fourth-order valence-corrected chi connectivity index (χ4v) is 0.806. The van der Waals surface area contributed by atoms with Crippen LogP contribution in [0.3, 0.4) is 0 Å². The van der Waals surface area contributed by atoms with Crippen molar-refractivity contribution in [3.63, 3.8) is 0 Å². The number of hydrogen-bond acceptors (Lipinski definition) is 5. The average molecular weight is 184 g/mol. The maximum absolute atomic E-state index is 11.1. The van der Waals surface area contributed by atoms with Gasteiger partial charge in [-0.2, -0.15) is 0 Å². The van der Waals surface area contributed by atoms with Gasteiger partial charge in [0.2, 0.25) is 5.75 Å². The number of nitrogens with two attached hydrogens (primary N) is 1. The van der Waals surface area contributed by atoms with E-state index in [0.717, 1.165) is 6.33 Å². The van der Waals surface area contributed by atoms with Gasteiger partial charge in [0.1, 0.15) is 0 Å². The molecule has 0 unspecified atom stereocenters. The van der Waals surface area contributed by atoms with Gasteiger partial charge in [0.05, 0.1) is 13.4 Å². The molecule has 0 amide bonds. The van der Waals surface area contributed by atoms with Crippen molar-refractivity contribution in [3.05, 3.63) is 22.4 Å². The molecule has 0 fully saturated rings.